The minimum atomic E-state index is -0.236. The minimum Gasteiger partial charge on any atom is -0.391 e. The zero-order valence-corrected chi connectivity index (χ0v) is 13.5. The monoisotopic (exact) mass is 320 g/mol. The van der Waals surface area contributed by atoms with Gasteiger partial charge in [0.15, 0.2) is 0 Å². The predicted molar refractivity (Wildman–Crippen MR) is 86.5 cm³/mol. The highest BCUT2D eigenvalue weighted by Gasteiger charge is 2.33. The van der Waals surface area contributed by atoms with Crippen molar-refractivity contribution < 1.29 is 14.3 Å². The summed E-state index contributed by atoms with van der Waals surface area (Å²) >= 11 is 0. The summed E-state index contributed by atoms with van der Waals surface area (Å²) in [5.74, 6) is -0.139. The first-order valence-corrected chi connectivity index (χ1v) is 8.58. The largest absolute Gasteiger partial charge is 0.391 e. The molecule has 126 valence electrons. The second-order valence-corrected chi connectivity index (χ2v) is 6.57. The van der Waals surface area contributed by atoms with Crippen LogP contribution in [0.1, 0.15) is 31.2 Å². The molecule has 2 aliphatic rings. The van der Waals surface area contributed by atoms with E-state index >= 15 is 0 Å². The number of hydrogen-bond donors (Lipinski definition) is 1. The standard InChI is InChI=1S/C18H25FN2O2/c19-15-5-2-1-4-14(15)8-9-18(23)21-12-10-20(11-13-21)16-6-3-7-17(16)22/h1-2,4-5,16-17,22H,3,6-13H2/t16-,17+/m1/s1. The van der Waals surface area contributed by atoms with Crippen LogP contribution in [0.3, 0.4) is 0 Å². The van der Waals surface area contributed by atoms with Crippen molar-refractivity contribution >= 4 is 5.91 Å². The summed E-state index contributed by atoms with van der Waals surface area (Å²) in [5.41, 5.74) is 0.605. The Hall–Kier alpha value is -1.46. The summed E-state index contributed by atoms with van der Waals surface area (Å²) in [6.07, 6.45) is 3.64. The van der Waals surface area contributed by atoms with E-state index in [1.165, 1.54) is 6.07 Å². The molecule has 0 aromatic heterocycles. The first-order valence-electron chi connectivity index (χ1n) is 8.58. The van der Waals surface area contributed by atoms with Crippen molar-refractivity contribution in [1.82, 2.24) is 9.80 Å². The second kappa shape index (κ2) is 7.41. The lowest BCUT2D eigenvalue weighted by Crippen LogP contribution is -2.53. The van der Waals surface area contributed by atoms with Crippen molar-refractivity contribution in [3.63, 3.8) is 0 Å². The Morgan fingerprint density at radius 2 is 1.91 bits per heavy atom. The molecule has 4 nitrogen and oxygen atoms in total. The quantitative estimate of drug-likeness (QED) is 0.920. The number of nitrogens with zero attached hydrogens (tertiary/aromatic N) is 2. The van der Waals surface area contributed by atoms with Gasteiger partial charge in [-0.05, 0) is 37.3 Å². The van der Waals surface area contributed by atoms with E-state index in [4.69, 9.17) is 0 Å². The van der Waals surface area contributed by atoms with Crippen molar-refractivity contribution in [3.8, 4) is 0 Å². The van der Waals surface area contributed by atoms with E-state index in [0.29, 0.717) is 31.5 Å². The molecule has 0 radical (unpaired) electrons. The molecule has 1 aromatic rings. The van der Waals surface area contributed by atoms with Crippen molar-refractivity contribution in [2.24, 2.45) is 0 Å². The van der Waals surface area contributed by atoms with E-state index in [9.17, 15) is 14.3 Å². The fraction of sp³-hybridized carbons (Fsp3) is 0.611. The summed E-state index contributed by atoms with van der Waals surface area (Å²) in [7, 11) is 0. The van der Waals surface area contributed by atoms with Gasteiger partial charge in [-0.15, -0.1) is 0 Å². The van der Waals surface area contributed by atoms with E-state index in [2.05, 4.69) is 4.90 Å². The Kier molecular flexibility index (Phi) is 5.28. The van der Waals surface area contributed by atoms with Gasteiger partial charge >= 0.3 is 0 Å². The molecule has 1 amide bonds. The molecule has 0 unspecified atom stereocenters. The third-order valence-electron chi connectivity index (χ3n) is 5.15. The minimum absolute atomic E-state index is 0.0971. The van der Waals surface area contributed by atoms with Gasteiger partial charge in [-0.1, -0.05) is 18.2 Å². The van der Waals surface area contributed by atoms with Crippen LogP contribution >= 0.6 is 0 Å². The molecule has 3 rings (SSSR count). The second-order valence-electron chi connectivity index (χ2n) is 6.57. The van der Waals surface area contributed by atoms with Crippen molar-refractivity contribution in [2.75, 3.05) is 26.2 Å². The fourth-order valence-electron chi connectivity index (χ4n) is 3.75. The highest BCUT2D eigenvalue weighted by Crippen LogP contribution is 2.25. The third kappa shape index (κ3) is 3.90. The first-order chi connectivity index (χ1) is 11.1. The van der Waals surface area contributed by atoms with Crippen LogP contribution < -0.4 is 0 Å². The molecular weight excluding hydrogens is 295 g/mol. The lowest BCUT2D eigenvalue weighted by molar-refractivity contribution is -0.133. The van der Waals surface area contributed by atoms with Gasteiger partial charge in [0.1, 0.15) is 5.82 Å². The molecule has 5 heteroatoms. The highest BCUT2D eigenvalue weighted by molar-refractivity contribution is 5.76. The van der Waals surface area contributed by atoms with Gasteiger partial charge in [0.2, 0.25) is 5.91 Å². The van der Waals surface area contributed by atoms with E-state index < -0.39 is 0 Å². The van der Waals surface area contributed by atoms with Crippen molar-refractivity contribution in [1.29, 1.82) is 0 Å². The van der Waals surface area contributed by atoms with Gasteiger partial charge in [0.25, 0.3) is 0 Å². The summed E-state index contributed by atoms with van der Waals surface area (Å²) in [4.78, 5) is 16.5. The van der Waals surface area contributed by atoms with Crippen LogP contribution in [0.15, 0.2) is 24.3 Å². The van der Waals surface area contributed by atoms with Gasteiger partial charge in [-0.2, -0.15) is 0 Å². The fourth-order valence-corrected chi connectivity index (χ4v) is 3.75. The molecule has 0 spiro atoms. The van der Waals surface area contributed by atoms with Gasteiger partial charge in [0.05, 0.1) is 6.10 Å². The number of aliphatic hydroxyl groups excluding tert-OH is 1. The van der Waals surface area contributed by atoms with Crippen LogP contribution in [0.2, 0.25) is 0 Å². The molecule has 2 atom stereocenters. The number of rotatable bonds is 4. The van der Waals surface area contributed by atoms with Crippen LogP contribution in [0.25, 0.3) is 0 Å². The Morgan fingerprint density at radius 3 is 2.57 bits per heavy atom. The van der Waals surface area contributed by atoms with Crippen LogP contribution in [-0.2, 0) is 11.2 Å². The molecule has 1 N–H and O–H groups in total. The molecule has 1 aliphatic heterocycles. The summed E-state index contributed by atoms with van der Waals surface area (Å²) in [6.45, 7) is 3.07. The number of piperazine rings is 1. The molecule has 2 fully saturated rings. The van der Waals surface area contributed by atoms with Crippen LogP contribution in [0.5, 0.6) is 0 Å². The number of aliphatic hydroxyl groups is 1. The Labute approximate surface area is 136 Å². The SMILES string of the molecule is O=C(CCc1ccccc1F)N1CCN([C@@H]2CCC[C@@H]2O)CC1. The number of halogens is 1. The van der Waals surface area contributed by atoms with Crippen LogP contribution in [0, 0.1) is 5.82 Å². The maximum Gasteiger partial charge on any atom is 0.222 e. The van der Waals surface area contributed by atoms with E-state index in [1.54, 1.807) is 18.2 Å². The average Bonchev–Trinajstić information content (AvgIpc) is 3.00. The van der Waals surface area contributed by atoms with Crippen LogP contribution in [0.4, 0.5) is 4.39 Å². The Morgan fingerprint density at radius 1 is 1.17 bits per heavy atom. The molecule has 23 heavy (non-hydrogen) atoms. The number of carbonyl (C=O) groups excluding carboxylic acids is 1. The van der Waals surface area contributed by atoms with Gasteiger partial charge in [-0.3, -0.25) is 9.69 Å². The average molecular weight is 320 g/mol. The number of amides is 1. The summed E-state index contributed by atoms with van der Waals surface area (Å²) in [5, 5.41) is 9.99. The van der Waals surface area contributed by atoms with Crippen molar-refractivity contribution in [3.05, 3.63) is 35.6 Å². The van der Waals surface area contributed by atoms with Gasteiger partial charge in [-0.25, -0.2) is 4.39 Å². The lowest BCUT2D eigenvalue weighted by atomic mass is 10.1. The molecule has 1 aliphatic carbocycles. The highest BCUT2D eigenvalue weighted by atomic mass is 19.1. The third-order valence-corrected chi connectivity index (χ3v) is 5.15. The number of aryl methyl sites for hydroxylation is 1. The number of hydrogen-bond acceptors (Lipinski definition) is 3. The number of benzene rings is 1. The van der Waals surface area contributed by atoms with Crippen LogP contribution in [-0.4, -0.2) is 59.1 Å². The summed E-state index contributed by atoms with van der Waals surface area (Å²) in [6, 6.07) is 6.91. The molecule has 1 aromatic carbocycles. The molecular formula is C18H25FN2O2. The zero-order valence-electron chi connectivity index (χ0n) is 13.5. The molecule has 0 bridgehead atoms. The topological polar surface area (TPSA) is 43.8 Å². The van der Waals surface area contributed by atoms with E-state index in [0.717, 1.165) is 32.4 Å². The maximum absolute atomic E-state index is 13.6. The Bertz CT molecular complexity index is 544. The maximum atomic E-state index is 13.6. The normalized spacial score (nSPS) is 25.7. The molecule has 1 heterocycles. The predicted octanol–water partition coefficient (Wildman–Crippen LogP) is 1.82. The Balaban J connectivity index is 1.46. The van der Waals surface area contributed by atoms with E-state index in [-0.39, 0.29) is 23.9 Å². The van der Waals surface area contributed by atoms with Gasteiger partial charge in [0, 0.05) is 38.6 Å². The summed E-state index contributed by atoms with van der Waals surface area (Å²) < 4.78 is 13.6. The van der Waals surface area contributed by atoms with E-state index in [1.807, 2.05) is 4.90 Å². The number of carbonyl (C=O) groups is 1. The molecule has 1 saturated carbocycles. The zero-order chi connectivity index (χ0) is 16.2. The van der Waals surface area contributed by atoms with Gasteiger partial charge < -0.3 is 10.0 Å². The first kappa shape index (κ1) is 16.4. The molecule has 1 saturated heterocycles. The lowest BCUT2D eigenvalue weighted by Gasteiger charge is -2.39. The smallest absolute Gasteiger partial charge is 0.222 e. The van der Waals surface area contributed by atoms with Crippen molar-refractivity contribution in [2.45, 2.75) is 44.2 Å².